The summed E-state index contributed by atoms with van der Waals surface area (Å²) in [5.74, 6) is 0.960. The van der Waals surface area contributed by atoms with Crippen LogP contribution in [0.4, 0.5) is 0 Å². The van der Waals surface area contributed by atoms with Crippen molar-refractivity contribution in [2.75, 3.05) is 6.54 Å². The highest BCUT2D eigenvalue weighted by Gasteiger charge is 2.32. The number of carbonyl (C=O) groups is 1. The van der Waals surface area contributed by atoms with Crippen molar-refractivity contribution in [3.63, 3.8) is 0 Å². The molecule has 0 rings (SSSR count). The third-order valence-electron chi connectivity index (χ3n) is 6.80. The lowest BCUT2D eigenvalue weighted by Gasteiger charge is -2.31. The number of nitrogens with one attached hydrogen (secondary N) is 1. The van der Waals surface area contributed by atoms with Crippen LogP contribution in [0.25, 0.3) is 0 Å². The molecule has 0 aliphatic rings. The third kappa shape index (κ3) is 22.2. The summed E-state index contributed by atoms with van der Waals surface area (Å²) < 4.78 is 34.3. The van der Waals surface area contributed by atoms with E-state index in [1.54, 1.807) is 13.8 Å². The number of carbonyl (C=O) groups excluding carboxylic acids is 1. The lowest BCUT2D eigenvalue weighted by Crippen LogP contribution is -2.36. The van der Waals surface area contributed by atoms with Gasteiger partial charge in [-0.3, -0.25) is 9.35 Å². The van der Waals surface area contributed by atoms with Crippen LogP contribution in [0.2, 0.25) is 0 Å². The maximum absolute atomic E-state index is 12.1. The van der Waals surface area contributed by atoms with Crippen molar-refractivity contribution in [2.45, 2.75) is 149 Å². The van der Waals surface area contributed by atoms with Crippen LogP contribution in [0.5, 0.6) is 0 Å². The van der Waals surface area contributed by atoms with Gasteiger partial charge in [0.2, 0.25) is 5.91 Å². The van der Waals surface area contributed by atoms with Gasteiger partial charge in [0.1, 0.15) is 5.60 Å². The number of amides is 1. The van der Waals surface area contributed by atoms with E-state index in [-0.39, 0.29) is 11.8 Å². The second-order valence-electron chi connectivity index (χ2n) is 11.0. The number of unbranched alkanes of at least 4 members (excludes halogenated alkanes) is 11. The molecule has 8 heteroatoms. The van der Waals surface area contributed by atoms with Gasteiger partial charge in [0.25, 0.3) is 0 Å². The summed E-state index contributed by atoms with van der Waals surface area (Å²) in [6.45, 7) is 10.6. The second-order valence-corrected chi connectivity index (χ2v) is 11.9. The minimum atomic E-state index is -4.64. The van der Waals surface area contributed by atoms with Crippen molar-refractivity contribution in [1.29, 1.82) is 0 Å². The van der Waals surface area contributed by atoms with Crippen LogP contribution in [0.1, 0.15) is 144 Å². The van der Waals surface area contributed by atoms with Gasteiger partial charge in [0.15, 0.2) is 0 Å². The molecule has 0 aromatic rings. The summed E-state index contributed by atoms with van der Waals surface area (Å²) in [7, 11) is -4.64. The normalized spacial score (nSPS) is 13.3. The summed E-state index contributed by atoms with van der Waals surface area (Å²) in [4.78, 5) is 17.0. The van der Waals surface area contributed by atoms with E-state index in [4.69, 9.17) is 9.44 Å². The first kappa shape index (κ1) is 34.3. The molecule has 1 unspecified atom stereocenters. The van der Waals surface area contributed by atoms with Crippen molar-refractivity contribution < 1.29 is 27.0 Å². The van der Waals surface area contributed by atoms with E-state index in [2.05, 4.69) is 23.5 Å². The molecule has 1 amide bonds. The molecule has 0 aliphatic carbocycles. The Balaban J connectivity index is 3.62. The van der Waals surface area contributed by atoms with Gasteiger partial charge in [0.05, 0.1) is 0 Å². The van der Waals surface area contributed by atoms with Crippen LogP contribution in [0.15, 0.2) is 0 Å². The van der Waals surface area contributed by atoms with Crippen LogP contribution in [-0.4, -0.2) is 31.0 Å². The largest absolute Gasteiger partial charge is 0.424 e. The van der Waals surface area contributed by atoms with Crippen LogP contribution in [0.3, 0.4) is 0 Å². The van der Waals surface area contributed by atoms with Crippen LogP contribution in [0, 0.1) is 11.8 Å². The fourth-order valence-electron chi connectivity index (χ4n) is 4.51. The standard InChI is InChI=1S/C27H55NO6S/c1-6-25(27(4,5)33-34-35(30,31)32)21-19-23-28-26(29)22-18-16-14-12-10-8-7-9-11-13-15-17-20-24(2)3/h24-25H,6-23H2,1-5H3,(H,28,29)(H,30,31,32). The number of hydrogen-bond donors (Lipinski definition) is 2. The predicted octanol–water partition coefficient (Wildman–Crippen LogP) is 7.56. The average molecular weight is 522 g/mol. The molecule has 2 N–H and O–H groups in total. The second kappa shape index (κ2) is 20.4. The lowest BCUT2D eigenvalue weighted by atomic mass is 9.85. The predicted molar refractivity (Wildman–Crippen MR) is 143 cm³/mol. The van der Waals surface area contributed by atoms with Crippen LogP contribution < -0.4 is 5.32 Å². The molecule has 0 spiro atoms. The fourth-order valence-corrected chi connectivity index (χ4v) is 4.77. The van der Waals surface area contributed by atoms with Crippen molar-refractivity contribution in [1.82, 2.24) is 5.32 Å². The molecule has 0 aliphatic heterocycles. The van der Waals surface area contributed by atoms with Crippen LogP contribution >= 0.6 is 0 Å². The highest BCUT2D eigenvalue weighted by atomic mass is 32.3. The summed E-state index contributed by atoms with van der Waals surface area (Å²) >= 11 is 0. The van der Waals surface area contributed by atoms with Gasteiger partial charge in [-0.25, -0.2) is 4.89 Å². The molecule has 0 aromatic heterocycles. The summed E-state index contributed by atoms with van der Waals surface area (Å²) in [6.07, 6.45) is 19.7. The molecular formula is C27H55NO6S. The number of rotatable bonds is 24. The van der Waals surface area contributed by atoms with E-state index in [0.717, 1.165) is 38.0 Å². The SMILES string of the molecule is CCC(CCCNC(=O)CCCCCCCCCCCCCCC(C)C)C(C)(C)OOS(=O)(=O)O. The number of hydrogen-bond acceptors (Lipinski definition) is 5. The van der Waals surface area contributed by atoms with Crippen molar-refractivity contribution >= 4 is 16.3 Å². The van der Waals surface area contributed by atoms with Crippen LogP contribution in [-0.2, 0) is 24.4 Å². The first-order chi connectivity index (χ1) is 16.5. The minimum absolute atomic E-state index is 0.0240. The summed E-state index contributed by atoms with van der Waals surface area (Å²) in [5, 5.41) is 2.97. The van der Waals surface area contributed by atoms with Crippen molar-refractivity contribution in [3.05, 3.63) is 0 Å². The summed E-state index contributed by atoms with van der Waals surface area (Å²) in [6, 6.07) is 0. The molecular weight excluding hydrogens is 466 g/mol. The molecule has 0 heterocycles. The average Bonchev–Trinajstić information content (AvgIpc) is 2.77. The maximum atomic E-state index is 12.1. The minimum Gasteiger partial charge on any atom is -0.356 e. The Kier molecular flexibility index (Phi) is 20.0. The van der Waals surface area contributed by atoms with E-state index in [1.807, 2.05) is 6.92 Å². The molecule has 7 nitrogen and oxygen atoms in total. The highest BCUT2D eigenvalue weighted by molar-refractivity contribution is 7.80. The summed E-state index contributed by atoms with van der Waals surface area (Å²) in [5.41, 5.74) is -0.873. The highest BCUT2D eigenvalue weighted by Crippen LogP contribution is 2.29. The monoisotopic (exact) mass is 521 g/mol. The maximum Gasteiger partial charge on any atom is 0.424 e. The molecule has 0 fully saturated rings. The van der Waals surface area contributed by atoms with Gasteiger partial charge in [-0.2, -0.15) is 8.42 Å². The zero-order valence-electron chi connectivity index (χ0n) is 23.3. The first-order valence-corrected chi connectivity index (χ1v) is 15.5. The van der Waals surface area contributed by atoms with Crippen molar-refractivity contribution in [2.24, 2.45) is 11.8 Å². The van der Waals surface area contributed by atoms with E-state index in [0.29, 0.717) is 13.0 Å². The van der Waals surface area contributed by atoms with E-state index in [1.165, 1.54) is 70.6 Å². The Labute approximate surface area is 216 Å². The molecule has 0 bridgehead atoms. The Hall–Kier alpha value is -0.700. The van der Waals surface area contributed by atoms with Gasteiger partial charge >= 0.3 is 10.4 Å². The Morgan fingerprint density at radius 1 is 0.829 bits per heavy atom. The van der Waals surface area contributed by atoms with Gasteiger partial charge in [-0.05, 0) is 44.9 Å². The molecule has 0 saturated heterocycles. The smallest absolute Gasteiger partial charge is 0.356 e. The molecule has 0 saturated carbocycles. The molecule has 0 radical (unpaired) electrons. The van der Waals surface area contributed by atoms with E-state index >= 15 is 0 Å². The quantitative estimate of drug-likeness (QED) is 0.0588. The van der Waals surface area contributed by atoms with Crippen molar-refractivity contribution in [3.8, 4) is 0 Å². The first-order valence-electron chi connectivity index (χ1n) is 14.1. The van der Waals surface area contributed by atoms with E-state index in [9.17, 15) is 13.2 Å². The Morgan fingerprint density at radius 2 is 1.31 bits per heavy atom. The zero-order chi connectivity index (χ0) is 26.6. The van der Waals surface area contributed by atoms with E-state index < -0.39 is 16.0 Å². The van der Waals surface area contributed by atoms with Gasteiger partial charge in [-0.15, -0.1) is 0 Å². The lowest BCUT2D eigenvalue weighted by molar-refractivity contribution is -0.298. The molecule has 1 atom stereocenters. The van der Waals surface area contributed by atoms with Gasteiger partial charge < -0.3 is 5.32 Å². The molecule has 35 heavy (non-hydrogen) atoms. The zero-order valence-corrected chi connectivity index (χ0v) is 24.1. The molecule has 0 aromatic carbocycles. The van der Waals surface area contributed by atoms with Gasteiger partial charge in [-0.1, -0.05) is 109 Å². The third-order valence-corrected chi connectivity index (χ3v) is 7.04. The fraction of sp³-hybridized carbons (Fsp3) is 0.963. The Morgan fingerprint density at radius 3 is 1.77 bits per heavy atom. The molecule has 210 valence electrons. The van der Waals surface area contributed by atoms with Gasteiger partial charge in [0, 0.05) is 13.0 Å². The Bertz CT molecular complexity index is 621. The topological polar surface area (TPSA) is 102 Å².